The van der Waals surface area contributed by atoms with E-state index in [0.717, 1.165) is 6.20 Å². The Labute approximate surface area is 107 Å². The number of aromatic nitrogens is 2. The van der Waals surface area contributed by atoms with Crippen LogP contribution in [-0.4, -0.2) is 27.8 Å². The van der Waals surface area contributed by atoms with Gasteiger partial charge in [0.1, 0.15) is 29.5 Å². The molecule has 0 saturated carbocycles. The van der Waals surface area contributed by atoms with E-state index >= 15 is 0 Å². The third kappa shape index (κ3) is 2.62. The summed E-state index contributed by atoms with van der Waals surface area (Å²) in [6, 6.07) is 1.54. The number of hydrogen-bond acceptors (Lipinski definition) is 6. The maximum atomic E-state index is 11.4. The lowest BCUT2D eigenvalue weighted by atomic mass is 10.2. The average Bonchev–Trinajstić information content (AvgIpc) is 2.96. The summed E-state index contributed by atoms with van der Waals surface area (Å²) < 4.78 is 11.3. The topological polar surface area (TPSA) is 100 Å². The molecule has 0 unspecified atom stereocenters. The van der Waals surface area contributed by atoms with Crippen molar-refractivity contribution in [1.29, 1.82) is 0 Å². The third-order valence-electron chi connectivity index (χ3n) is 2.52. The Morgan fingerprint density at radius 3 is 2.95 bits per heavy atom. The molecule has 2 aromatic rings. The first kappa shape index (κ1) is 12.8. The summed E-state index contributed by atoms with van der Waals surface area (Å²) in [5.41, 5.74) is 0.232. The number of ether oxygens (including phenoxy) is 1. The molecular weight excluding hydrogens is 254 g/mol. The lowest BCUT2D eigenvalue weighted by Crippen LogP contribution is -2.01. The Morgan fingerprint density at radius 2 is 2.37 bits per heavy atom. The number of esters is 1. The van der Waals surface area contributed by atoms with Crippen LogP contribution in [0.4, 0.5) is 5.69 Å². The number of methoxy groups -OCH3 is 1. The van der Waals surface area contributed by atoms with Crippen LogP contribution < -0.4 is 0 Å². The van der Waals surface area contributed by atoms with Crippen molar-refractivity contribution in [2.24, 2.45) is 0 Å². The highest BCUT2D eigenvalue weighted by Gasteiger charge is 2.16. The van der Waals surface area contributed by atoms with Gasteiger partial charge in [-0.05, 0) is 13.0 Å². The Kier molecular flexibility index (Phi) is 3.32. The highest BCUT2D eigenvalue weighted by molar-refractivity contribution is 5.90. The van der Waals surface area contributed by atoms with Crippen molar-refractivity contribution in [2.45, 2.75) is 13.5 Å². The molecule has 2 aromatic heterocycles. The highest BCUT2D eigenvalue weighted by Crippen LogP contribution is 2.17. The van der Waals surface area contributed by atoms with E-state index in [-0.39, 0.29) is 12.2 Å². The second-order valence-corrected chi connectivity index (χ2v) is 3.83. The molecule has 8 nitrogen and oxygen atoms in total. The average molecular weight is 265 g/mol. The molecule has 0 N–H and O–H groups in total. The van der Waals surface area contributed by atoms with E-state index in [1.807, 2.05) is 0 Å². The molecule has 0 aromatic carbocycles. The van der Waals surface area contributed by atoms with Gasteiger partial charge < -0.3 is 9.15 Å². The van der Waals surface area contributed by atoms with Gasteiger partial charge in [-0.2, -0.15) is 5.10 Å². The van der Waals surface area contributed by atoms with Crippen LogP contribution in [-0.2, 0) is 11.3 Å². The Hall–Kier alpha value is -2.64. The Bertz CT molecular complexity index is 628. The van der Waals surface area contributed by atoms with Crippen molar-refractivity contribution in [3.8, 4) is 0 Å². The highest BCUT2D eigenvalue weighted by atomic mass is 16.6. The number of nitrogens with zero attached hydrogens (tertiary/aromatic N) is 3. The fraction of sp³-hybridized carbons (Fsp3) is 0.273. The van der Waals surface area contributed by atoms with Crippen LogP contribution in [0.3, 0.4) is 0 Å². The van der Waals surface area contributed by atoms with Crippen molar-refractivity contribution in [1.82, 2.24) is 9.78 Å². The minimum atomic E-state index is -0.531. The molecule has 0 atom stereocenters. The van der Waals surface area contributed by atoms with Gasteiger partial charge in [0.15, 0.2) is 0 Å². The molecule has 0 bridgehead atoms. The van der Waals surface area contributed by atoms with Crippen molar-refractivity contribution >= 4 is 11.7 Å². The van der Waals surface area contributed by atoms with E-state index in [2.05, 4.69) is 9.84 Å². The zero-order chi connectivity index (χ0) is 14.0. The molecule has 0 aliphatic rings. The smallest absolute Gasteiger partial charge is 0.341 e. The number of aryl methyl sites for hydroxylation is 1. The molecule has 8 heteroatoms. The molecule has 0 aliphatic heterocycles. The first-order valence-corrected chi connectivity index (χ1v) is 5.35. The van der Waals surface area contributed by atoms with Crippen molar-refractivity contribution in [3.63, 3.8) is 0 Å². The summed E-state index contributed by atoms with van der Waals surface area (Å²) in [7, 11) is 1.28. The fourth-order valence-corrected chi connectivity index (χ4v) is 1.63. The Morgan fingerprint density at radius 1 is 1.63 bits per heavy atom. The van der Waals surface area contributed by atoms with Crippen LogP contribution in [0, 0.1) is 17.0 Å². The lowest BCUT2D eigenvalue weighted by molar-refractivity contribution is -0.385. The number of furan rings is 1. The molecule has 2 heterocycles. The normalized spacial score (nSPS) is 10.4. The fourth-order valence-electron chi connectivity index (χ4n) is 1.63. The molecule has 0 spiro atoms. The van der Waals surface area contributed by atoms with Gasteiger partial charge in [-0.25, -0.2) is 4.79 Å². The quantitative estimate of drug-likeness (QED) is 0.472. The van der Waals surface area contributed by atoms with Crippen molar-refractivity contribution < 1.29 is 18.9 Å². The molecule has 100 valence electrons. The summed E-state index contributed by atoms with van der Waals surface area (Å²) in [5, 5.41) is 14.4. The molecular formula is C11H11N3O5. The minimum Gasteiger partial charge on any atom is -0.465 e. The van der Waals surface area contributed by atoms with Crippen LogP contribution in [0.2, 0.25) is 0 Å². The number of hydrogen-bond donors (Lipinski definition) is 0. The molecule has 0 aliphatic carbocycles. The van der Waals surface area contributed by atoms with Gasteiger partial charge in [0.2, 0.25) is 0 Å². The maximum Gasteiger partial charge on any atom is 0.341 e. The van der Waals surface area contributed by atoms with Crippen LogP contribution in [0.15, 0.2) is 22.9 Å². The predicted octanol–water partition coefficient (Wildman–Crippen LogP) is 1.53. The van der Waals surface area contributed by atoms with E-state index < -0.39 is 10.9 Å². The zero-order valence-electron chi connectivity index (χ0n) is 10.3. The maximum absolute atomic E-state index is 11.4. The van der Waals surface area contributed by atoms with Crippen LogP contribution >= 0.6 is 0 Å². The summed E-state index contributed by atoms with van der Waals surface area (Å²) >= 11 is 0. The first-order valence-electron chi connectivity index (χ1n) is 5.35. The second-order valence-electron chi connectivity index (χ2n) is 3.83. The third-order valence-corrected chi connectivity index (χ3v) is 2.52. The Balaban J connectivity index is 2.19. The number of nitro groups is 1. The second kappa shape index (κ2) is 4.92. The van der Waals surface area contributed by atoms with Gasteiger partial charge in [-0.3, -0.25) is 14.8 Å². The SMILES string of the molecule is COC(=O)c1cc(Cn2cc([N+](=O)[O-])cn2)oc1C. The number of rotatable bonds is 4. The van der Waals surface area contributed by atoms with Gasteiger partial charge in [0.25, 0.3) is 0 Å². The summed E-state index contributed by atoms with van der Waals surface area (Å²) in [4.78, 5) is 21.4. The number of carbonyl (C=O) groups excluding carboxylic acids is 1. The standard InChI is InChI=1S/C11H11N3O5/c1-7-10(11(15)18-2)3-9(19-7)6-13-5-8(4-12-13)14(16)17/h3-5H,6H2,1-2H3. The van der Waals surface area contributed by atoms with Crippen LogP contribution in [0.1, 0.15) is 21.9 Å². The molecule has 19 heavy (non-hydrogen) atoms. The van der Waals surface area contributed by atoms with E-state index in [1.165, 1.54) is 24.1 Å². The van der Waals surface area contributed by atoms with Crippen LogP contribution in [0.5, 0.6) is 0 Å². The summed E-state index contributed by atoms with van der Waals surface area (Å²) in [6.07, 6.45) is 2.44. The van der Waals surface area contributed by atoms with Crippen LogP contribution in [0.25, 0.3) is 0 Å². The van der Waals surface area contributed by atoms with E-state index in [0.29, 0.717) is 17.1 Å². The van der Waals surface area contributed by atoms with Gasteiger partial charge in [-0.15, -0.1) is 0 Å². The lowest BCUT2D eigenvalue weighted by Gasteiger charge is -1.95. The summed E-state index contributed by atoms with van der Waals surface area (Å²) in [5.74, 6) is 0.415. The molecule has 0 radical (unpaired) electrons. The van der Waals surface area contributed by atoms with E-state index in [4.69, 9.17) is 4.42 Å². The van der Waals surface area contributed by atoms with Gasteiger partial charge in [0.05, 0.1) is 18.6 Å². The molecule has 2 rings (SSSR count). The zero-order valence-corrected chi connectivity index (χ0v) is 10.3. The monoisotopic (exact) mass is 265 g/mol. The largest absolute Gasteiger partial charge is 0.465 e. The van der Waals surface area contributed by atoms with E-state index in [1.54, 1.807) is 6.92 Å². The molecule has 0 saturated heterocycles. The van der Waals surface area contributed by atoms with Crippen molar-refractivity contribution in [2.75, 3.05) is 7.11 Å². The first-order chi connectivity index (χ1) is 9.01. The summed E-state index contributed by atoms with van der Waals surface area (Å²) in [6.45, 7) is 1.84. The molecule has 0 fully saturated rings. The molecule has 0 amide bonds. The number of carbonyl (C=O) groups is 1. The van der Waals surface area contributed by atoms with Gasteiger partial charge >= 0.3 is 11.7 Å². The van der Waals surface area contributed by atoms with Gasteiger partial charge in [0, 0.05) is 0 Å². The van der Waals surface area contributed by atoms with E-state index in [9.17, 15) is 14.9 Å². The van der Waals surface area contributed by atoms with Crippen molar-refractivity contribution in [3.05, 3.63) is 45.7 Å². The predicted molar refractivity (Wildman–Crippen MR) is 62.8 cm³/mol. The van der Waals surface area contributed by atoms with Gasteiger partial charge in [-0.1, -0.05) is 0 Å². The minimum absolute atomic E-state index is 0.100.